The van der Waals surface area contributed by atoms with Gasteiger partial charge in [-0.15, -0.1) is 0 Å². The number of benzene rings is 1. The number of amides is 1. The Balaban J connectivity index is 1.49. The molecule has 2 saturated heterocycles. The van der Waals surface area contributed by atoms with Crippen LogP contribution in [0.3, 0.4) is 0 Å². The first-order valence-corrected chi connectivity index (χ1v) is 11.3. The van der Waals surface area contributed by atoms with E-state index in [1.165, 1.54) is 0 Å². The van der Waals surface area contributed by atoms with Gasteiger partial charge in [0.1, 0.15) is 6.10 Å². The number of hydrogen-bond donors (Lipinski definition) is 2. The van der Waals surface area contributed by atoms with Crippen molar-refractivity contribution in [3.8, 4) is 0 Å². The Morgan fingerprint density at radius 3 is 2.41 bits per heavy atom. The minimum Gasteiger partial charge on any atom is -0.371 e. The molecule has 0 radical (unpaired) electrons. The number of rotatable bonds is 6. The summed E-state index contributed by atoms with van der Waals surface area (Å²) >= 11 is 0. The van der Waals surface area contributed by atoms with E-state index in [-0.39, 0.29) is 29.9 Å². The number of nitrogens with zero attached hydrogens (tertiary/aromatic N) is 1. The van der Waals surface area contributed by atoms with Crippen molar-refractivity contribution in [3.63, 3.8) is 0 Å². The van der Waals surface area contributed by atoms with Crippen LogP contribution in [0.15, 0.2) is 29.2 Å². The molecule has 0 saturated carbocycles. The van der Waals surface area contributed by atoms with E-state index >= 15 is 0 Å². The summed E-state index contributed by atoms with van der Waals surface area (Å²) in [5, 5.41) is 3.10. The number of sulfone groups is 1. The SMILES string of the molecule is CCS(=O)(=O)c1ccc(N2CCC(NC(=O)[C@@H]3CC[C@H](CN)O3)CC2)cc1. The molecule has 2 fully saturated rings. The van der Waals surface area contributed by atoms with Gasteiger partial charge >= 0.3 is 0 Å². The van der Waals surface area contributed by atoms with Crippen molar-refractivity contribution in [2.45, 2.75) is 55.8 Å². The Bertz CT molecular complexity index is 743. The summed E-state index contributed by atoms with van der Waals surface area (Å²) in [7, 11) is -3.17. The first kappa shape index (κ1) is 20.1. The third-order valence-corrected chi connectivity index (χ3v) is 7.20. The van der Waals surface area contributed by atoms with Crippen molar-refractivity contribution in [3.05, 3.63) is 24.3 Å². The molecule has 2 heterocycles. The molecule has 27 heavy (non-hydrogen) atoms. The maximum Gasteiger partial charge on any atom is 0.249 e. The number of nitrogens with one attached hydrogen (secondary N) is 1. The van der Waals surface area contributed by atoms with Crippen LogP contribution >= 0.6 is 0 Å². The predicted molar refractivity (Wildman–Crippen MR) is 104 cm³/mol. The van der Waals surface area contributed by atoms with Crippen molar-refractivity contribution in [2.75, 3.05) is 30.3 Å². The highest BCUT2D eigenvalue weighted by Gasteiger charge is 2.31. The van der Waals surface area contributed by atoms with Crippen LogP contribution in [0.2, 0.25) is 0 Å². The van der Waals surface area contributed by atoms with Gasteiger partial charge in [0.05, 0.1) is 16.8 Å². The third kappa shape index (κ3) is 4.80. The van der Waals surface area contributed by atoms with Gasteiger partial charge in [-0.25, -0.2) is 8.42 Å². The molecule has 2 aliphatic heterocycles. The van der Waals surface area contributed by atoms with Gasteiger partial charge in [0, 0.05) is 31.4 Å². The average Bonchev–Trinajstić information content (AvgIpc) is 3.18. The zero-order valence-corrected chi connectivity index (χ0v) is 16.6. The number of carbonyl (C=O) groups is 1. The van der Waals surface area contributed by atoms with Crippen LogP contribution in [0.1, 0.15) is 32.6 Å². The molecule has 2 aliphatic rings. The fourth-order valence-corrected chi connectivity index (χ4v) is 4.56. The summed E-state index contributed by atoms with van der Waals surface area (Å²) in [6.07, 6.45) is 2.92. The van der Waals surface area contributed by atoms with Crippen molar-refractivity contribution in [1.82, 2.24) is 5.32 Å². The minimum absolute atomic E-state index is 0.00194. The van der Waals surface area contributed by atoms with E-state index in [4.69, 9.17) is 10.5 Å². The molecule has 1 amide bonds. The van der Waals surface area contributed by atoms with Crippen molar-refractivity contribution >= 4 is 21.4 Å². The quantitative estimate of drug-likeness (QED) is 0.747. The molecular weight excluding hydrogens is 366 g/mol. The van der Waals surface area contributed by atoms with Gasteiger partial charge in [0.25, 0.3) is 0 Å². The lowest BCUT2D eigenvalue weighted by Crippen LogP contribution is -2.47. The molecule has 2 atom stereocenters. The highest BCUT2D eigenvalue weighted by Crippen LogP contribution is 2.23. The molecule has 0 aliphatic carbocycles. The van der Waals surface area contributed by atoms with E-state index in [1.807, 2.05) is 12.1 Å². The number of nitrogens with two attached hydrogens (primary N) is 1. The minimum atomic E-state index is -3.17. The van der Waals surface area contributed by atoms with Crippen LogP contribution in [0.4, 0.5) is 5.69 Å². The molecule has 150 valence electrons. The largest absolute Gasteiger partial charge is 0.371 e. The monoisotopic (exact) mass is 395 g/mol. The number of hydrogen-bond acceptors (Lipinski definition) is 6. The van der Waals surface area contributed by atoms with Gasteiger partial charge in [-0.1, -0.05) is 6.92 Å². The van der Waals surface area contributed by atoms with E-state index < -0.39 is 9.84 Å². The zero-order valence-electron chi connectivity index (χ0n) is 15.8. The van der Waals surface area contributed by atoms with Crippen molar-refractivity contribution in [2.24, 2.45) is 5.73 Å². The first-order valence-electron chi connectivity index (χ1n) is 9.66. The van der Waals surface area contributed by atoms with Gasteiger partial charge in [-0.2, -0.15) is 0 Å². The van der Waals surface area contributed by atoms with E-state index in [9.17, 15) is 13.2 Å². The standard InChI is InChI=1S/C19H29N3O4S/c1-2-27(24,25)17-6-3-15(4-7-17)22-11-9-14(10-12-22)21-19(23)18-8-5-16(13-20)26-18/h3-4,6-7,14,16,18H,2,5,8-13,20H2,1H3,(H,21,23)/t16-,18+/m1/s1. The Morgan fingerprint density at radius 1 is 1.19 bits per heavy atom. The molecule has 0 unspecified atom stereocenters. The van der Waals surface area contributed by atoms with Crippen LogP contribution in [0.25, 0.3) is 0 Å². The Hall–Kier alpha value is -1.64. The average molecular weight is 396 g/mol. The van der Waals surface area contributed by atoms with Gasteiger partial charge in [0.2, 0.25) is 5.91 Å². The lowest BCUT2D eigenvalue weighted by molar-refractivity contribution is -0.132. The maximum atomic E-state index is 12.3. The second kappa shape index (κ2) is 8.58. The molecule has 3 N–H and O–H groups in total. The lowest BCUT2D eigenvalue weighted by atomic mass is 10.0. The number of ether oxygens (including phenoxy) is 1. The molecule has 8 heteroatoms. The molecule has 1 aromatic carbocycles. The first-order chi connectivity index (χ1) is 12.9. The molecular formula is C19H29N3O4S. The normalized spacial score (nSPS) is 24.1. The van der Waals surface area contributed by atoms with Crippen LogP contribution < -0.4 is 16.0 Å². The number of carbonyl (C=O) groups excluding carboxylic acids is 1. The zero-order chi connectivity index (χ0) is 19.4. The van der Waals surface area contributed by atoms with Crippen LogP contribution in [0.5, 0.6) is 0 Å². The number of anilines is 1. The Labute approximate surface area is 161 Å². The van der Waals surface area contributed by atoms with Gasteiger partial charge in [0.15, 0.2) is 9.84 Å². The maximum absolute atomic E-state index is 12.3. The van der Waals surface area contributed by atoms with Gasteiger partial charge in [-0.3, -0.25) is 4.79 Å². The highest BCUT2D eigenvalue weighted by atomic mass is 32.2. The fraction of sp³-hybridized carbons (Fsp3) is 0.632. The van der Waals surface area contributed by atoms with Crippen molar-refractivity contribution < 1.29 is 17.9 Å². The smallest absolute Gasteiger partial charge is 0.249 e. The van der Waals surface area contributed by atoms with E-state index in [1.54, 1.807) is 19.1 Å². The van der Waals surface area contributed by atoms with Crippen LogP contribution in [-0.4, -0.2) is 58.0 Å². The summed E-state index contributed by atoms with van der Waals surface area (Å²) in [6.45, 7) is 3.75. The summed E-state index contributed by atoms with van der Waals surface area (Å²) in [5.41, 5.74) is 6.61. The van der Waals surface area contributed by atoms with E-state index in [0.29, 0.717) is 11.4 Å². The van der Waals surface area contributed by atoms with E-state index in [0.717, 1.165) is 44.5 Å². The molecule has 0 aromatic heterocycles. The second-order valence-electron chi connectivity index (χ2n) is 7.23. The molecule has 7 nitrogen and oxygen atoms in total. The molecule has 0 bridgehead atoms. The lowest BCUT2D eigenvalue weighted by Gasteiger charge is -2.34. The summed E-state index contributed by atoms with van der Waals surface area (Å²) < 4.78 is 29.5. The van der Waals surface area contributed by atoms with Crippen LogP contribution in [-0.2, 0) is 19.4 Å². The molecule has 1 aromatic rings. The fourth-order valence-electron chi connectivity index (χ4n) is 3.68. The van der Waals surface area contributed by atoms with E-state index in [2.05, 4.69) is 10.2 Å². The summed E-state index contributed by atoms with van der Waals surface area (Å²) in [5.74, 6) is 0.0762. The van der Waals surface area contributed by atoms with Crippen molar-refractivity contribution in [1.29, 1.82) is 0 Å². The highest BCUT2D eigenvalue weighted by molar-refractivity contribution is 7.91. The third-order valence-electron chi connectivity index (χ3n) is 5.45. The Morgan fingerprint density at radius 2 is 1.85 bits per heavy atom. The van der Waals surface area contributed by atoms with Gasteiger partial charge < -0.3 is 20.7 Å². The Kier molecular flexibility index (Phi) is 6.39. The predicted octanol–water partition coefficient (Wildman–Crippen LogP) is 1.07. The van der Waals surface area contributed by atoms with Crippen LogP contribution in [0, 0.1) is 0 Å². The molecule has 0 spiro atoms. The topological polar surface area (TPSA) is 102 Å². The summed E-state index contributed by atoms with van der Waals surface area (Å²) in [6, 6.07) is 7.22. The number of piperidine rings is 1. The second-order valence-corrected chi connectivity index (χ2v) is 9.51. The van der Waals surface area contributed by atoms with Gasteiger partial charge in [-0.05, 0) is 49.9 Å². The summed E-state index contributed by atoms with van der Waals surface area (Å²) in [4.78, 5) is 14.9. The molecule has 3 rings (SSSR count).